The number of hydrogen-bond donors (Lipinski definition) is 2. The van der Waals surface area contributed by atoms with Crippen molar-refractivity contribution < 1.29 is 26.4 Å². The summed E-state index contributed by atoms with van der Waals surface area (Å²) in [6.07, 6.45) is 1.30. The molecule has 8 nitrogen and oxygen atoms in total. The summed E-state index contributed by atoms with van der Waals surface area (Å²) in [6.45, 7) is 1.42. The summed E-state index contributed by atoms with van der Waals surface area (Å²) in [5.74, 6) is -3.29. The maximum Gasteiger partial charge on any atom is 0.251 e. The minimum absolute atomic E-state index is 0.128. The third kappa shape index (κ3) is 6.50. The molecule has 3 aromatic carbocycles. The number of benzene rings is 3. The van der Waals surface area contributed by atoms with Gasteiger partial charge in [-0.3, -0.25) is 19.1 Å². The van der Waals surface area contributed by atoms with Crippen LogP contribution in [0.25, 0.3) is 22.0 Å². The van der Waals surface area contributed by atoms with E-state index in [-0.39, 0.29) is 29.8 Å². The molecule has 0 radical (unpaired) electrons. The summed E-state index contributed by atoms with van der Waals surface area (Å²) in [4.78, 5) is 30.0. The van der Waals surface area contributed by atoms with Gasteiger partial charge in [-0.15, -0.1) is 0 Å². The number of sulfonamides is 1. The molecule has 0 unspecified atom stereocenters. The topological polar surface area (TPSA) is 124 Å². The van der Waals surface area contributed by atoms with Crippen molar-refractivity contribution in [2.45, 2.75) is 30.8 Å². The normalized spacial score (nSPS) is 12.3. The molecule has 0 aliphatic rings. The molecular formula is C31H25F3N4O4S. The Balaban J connectivity index is 1.58. The molecule has 0 saturated carbocycles. The summed E-state index contributed by atoms with van der Waals surface area (Å²) < 4.78 is 67.8. The van der Waals surface area contributed by atoms with Gasteiger partial charge in [0.1, 0.15) is 28.9 Å². The molecule has 220 valence electrons. The third-order valence-electron chi connectivity index (χ3n) is 6.94. The molecule has 0 bridgehead atoms. The van der Waals surface area contributed by atoms with Crippen LogP contribution in [0.4, 0.5) is 13.2 Å². The summed E-state index contributed by atoms with van der Waals surface area (Å²) in [5, 5.41) is 8.80. The minimum atomic E-state index is -4.41. The highest BCUT2D eigenvalue weighted by atomic mass is 32.2. The number of carbonyl (C=O) groups excluding carboxylic acids is 1. The smallest absolute Gasteiger partial charge is 0.251 e. The number of carbonyl (C=O) groups is 1. The first kappa shape index (κ1) is 29.7. The van der Waals surface area contributed by atoms with Crippen LogP contribution in [-0.2, 0) is 27.8 Å². The lowest BCUT2D eigenvalue weighted by atomic mass is 9.95. The van der Waals surface area contributed by atoms with Gasteiger partial charge in [0.05, 0.1) is 17.3 Å². The van der Waals surface area contributed by atoms with Crippen molar-refractivity contribution in [3.63, 3.8) is 0 Å². The maximum absolute atomic E-state index is 14.3. The fourth-order valence-electron chi connectivity index (χ4n) is 5.06. The van der Waals surface area contributed by atoms with Gasteiger partial charge in [0.2, 0.25) is 15.9 Å². The summed E-state index contributed by atoms with van der Waals surface area (Å²) in [5.41, 5.74) is 1.84. The van der Waals surface area contributed by atoms with Crippen LogP contribution in [0.3, 0.4) is 0 Å². The number of aromatic nitrogens is 2. The van der Waals surface area contributed by atoms with Crippen molar-refractivity contribution in [3.05, 3.63) is 130 Å². The van der Waals surface area contributed by atoms with Gasteiger partial charge in [-0.1, -0.05) is 30.3 Å². The molecular weight excluding hydrogens is 581 g/mol. The van der Waals surface area contributed by atoms with Crippen molar-refractivity contribution in [1.29, 1.82) is 0 Å². The Hall–Kier alpha value is -4.81. The number of nitrogens with one attached hydrogen (secondary N) is 1. The van der Waals surface area contributed by atoms with E-state index in [9.17, 15) is 31.2 Å². The zero-order valence-corrected chi connectivity index (χ0v) is 23.5. The predicted molar refractivity (Wildman–Crippen MR) is 155 cm³/mol. The van der Waals surface area contributed by atoms with Crippen molar-refractivity contribution in [2.24, 2.45) is 5.14 Å². The Bertz CT molecular complexity index is 2030. The second-order valence-corrected chi connectivity index (χ2v) is 11.5. The molecule has 3 N–H and O–H groups in total. The Labute approximate surface area is 244 Å². The molecule has 43 heavy (non-hydrogen) atoms. The molecule has 5 rings (SSSR count). The van der Waals surface area contributed by atoms with Gasteiger partial charge in [-0.2, -0.15) is 0 Å². The largest absolute Gasteiger partial charge is 0.346 e. The fourth-order valence-corrected chi connectivity index (χ4v) is 5.69. The SMILES string of the molecule is Cc1cc(=O)n(CC(=O)N[C@@H](Cc2cc(F)cc(F)c2)c2ncccc2-c2ccc(F)c(S(N)(=O)=O)c2)c2ccccc12. The highest BCUT2D eigenvalue weighted by Crippen LogP contribution is 2.31. The number of nitrogens with two attached hydrogens (primary N) is 1. The lowest BCUT2D eigenvalue weighted by Gasteiger charge is -2.22. The van der Waals surface area contributed by atoms with Gasteiger partial charge in [0.15, 0.2) is 0 Å². The molecule has 1 atom stereocenters. The van der Waals surface area contributed by atoms with E-state index in [4.69, 9.17) is 5.14 Å². The Morgan fingerprint density at radius 2 is 1.70 bits per heavy atom. The summed E-state index contributed by atoms with van der Waals surface area (Å²) in [6, 6.07) is 16.9. The van der Waals surface area contributed by atoms with Crippen LogP contribution in [0.5, 0.6) is 0 Å². The first-order chi connectivity index (χ1) is 20.4. The van der Waals surface area contributed by atoms with Gasteiger partial charge in [-0.05, 0) is 66.4 Å². The average Bonchev–Trinajstić information content (AvgIpc) is 2.94. The van der Waals surface area contributed by atoms with Gasteiger partial charge in [0, 0.05) is 29.3 Å². The number of rotatable bonds is 8. The van der Waals surface area contributed by atoms with Crippen LogP contribution in [-0.4, -0.2) is 23.9 Å². The molecule has 2 aromatic heterocycles. The van der Waals surface area contributed by atoms with Crippen LogP contribution >= 0.6 is 0 Å². The number of primary sulfonamides is 1. The van der Waals surface area contributed by atoms with E-state index in [1.54, 1.807) is 31.2 Å². The Kier molecular flexibility index (Phi) is 8.16. The van der Waals surface area contributed by atoms with Gasteiger partial charge in [-0.25, -0.2) is 26.7 Å². The van der Waals surface area contributed by atoms with E-state index >= 15 is 0 Å². The van der Waals surface area contributed by atoms with Gasteiger partial charge in [0.25, 0.3) is 5.56 Å². The van der Waals surface area contributed by atoms with E-state index in [1.807, 2.05) is 12.1 Å². The number of halogens is 3. The first-order valence-electron chi connectivity index (χ1n) is 13.0. The molecule has 5 aromatic rings. The van der Waals surface area contributed by atoms with Gasteiger partial charge >= 0.3 is 0 Å². The number of aryl methyl sites for hydroxylation is 1. The van der Waals surface area contributed by atoms with Crippen LogP contribution in [0.15, 0.2) is 94.7 Å². The zero-order chi connectivity index (χ0) is 30.9. The van der Waals surface area contributed by atoms with Gasteiger partial charge < -0.3 is 5.32 Å². The second kappa shape index (κ2) is 11.8. The predicted octanol–water partition coefficient (Wildman–Crippen LogP) is 4.54. The molecule has 0 aliphatic carbocycles. The molecule has 0 fully saturated rings. The van der Waals surface area contributed by atoms with Crippen molar-refractivity contribution in [3.8, 4) is 11.1 Å². The zero-order valence-electron chi connectivity index (χ0n) is 22.7. The monoisotopic (exact) mass is 606 g/mol. The quantitative estimate of drug-likeness (QED) is 0.269. The number of pyridine rings is 2. The van der Waals surface area contributed by atoms with E-state index in [1.165, 1.54) is 22.9 Å². The van der Waals surface area contributed by atoms with E-state index in [0.29, 0.717) is 17.1 Å². The summed E-state index contributed by atoms with van der Waals surface area (Å²) in [7, 11) is -4.41. The van der Waals surface area contributed by atoms with E-state index < -0.39 is 49.9 Å². The lowest BCUT2D eigenvalue weighted by Crippen LogP contribution is -2.36. The first-order valence-corrected chi connectivity index (χ1v) is 14.6. The molecule has 0 saturated heterocycles. The Morgan fingerprint density at radius 3 is 2.42 bits per heavy atom. The number of fused-ring (bicyclic) bond motifs is 1. The number of para-hydroxylation sites is 1. The average molecular weight is 607 g/mol. The van der Waals surface area contributed by atoms with Crippen molar-refractivity contribution in [1.82, 2.24) is 14.9 Å². The van der Waals surface area contributed by atoms with Crippen LogP contribution in [0.1, 0.15) is 22.9 Å². The molecule has 2 heterocycles. The number of hydrogen-bond acceptors (Lipinski definition) is 5. The third-order valence-corrected chi connectivity index (χ3v) is 7.87. The highest BCUT2D eigenvalue weighted by molar-refractivity contribution is 7.89. The van der Waals surface area contributed by atoms with E-state index in [2.05, 4.69) is 10.3 Å². The summed E-state index contributed by atoms with van der Waals surface area (Å²) >= 11 is 0. The second-order valence-electron chi connectivity index (χ2n) is 10.00. The molecule has 12 heteroatoms. The molecule has 0 spiro atoms. The Morgan fingerprint density at radius 1 is 0.977 bits per heavy atom. The maximum atomic E-state index is 14.3. The van der Waals surface area contributed by atoms with Crippen LogP contribution in [0.2, 0.25) is 0 Å². The standard InChI is InChI=1S/C31H25F3N4O4S/c1-18-11-30(40)38(27-7-3-2-5-23(18)27)17-29(39)37-26(14-19-12-21(32)16-22(33)13-19)31-24(6-4-10-36-31)20-8-9-25(34)28(15-20)43(35,41)42/h2-13,15-16,26H,14,17H2,1H3,(H,37,39)(H2,35,41,42)/t26-/m0/s1. The highest BCUT2D eigenvalue weighted by Gasteiger charge is 2.24. The lowest BCUT2D eigenvalue weighted by molar-refractivity contribution is -0.122. The van der Waals surface area contributed by atoms with Crippen LogP contribution < -0.4 is 16.0 Å². The van der Waals surface area contributed by atoms with E-state index in [0.717, 1.165) is 35.2 Å². The van der Waals surface area contributed by atoms with Crippen molar-refractivity contribution in [2.75, 3.05) is 0 Å². The minimum Gasteiger partial charge on any atom is -0.346 e. The molecule has 1 amide bonds. The number of nitrogens with zero attached hydrogens (tertiary/aromatic N) is 2. The van der Waals surface area contributed by atoms with Crippen LogP contribution in [0, 0.1) is 24.4 Å². The fraction of sp³-hybridized carbons (Fsp3) is 0.129. The number of amides is 1. The molecule has 0 aliphatic heterocycles. The van der Waals surface area contributed by atoms with Crippen molar-refractivity contribution >= 4 is 26.8 Å².